The molecule has 0 aromatic heterocycles. The lowest BCUT2D eigenvalue weighted by molar-refractivity contribution is -0.384. The number of nitro groups is 1. The molecule has 0 aliphatic carbocycles. The number of rotatable bonds is 7. The molecule has 0 N–H and O–H groups in total. The Morgan fingerprint density at radius 2 is 1.72 bits per heavy atom. The van der Waals surface area contributed by atoms with Crippen LogP contribution >= 0.6 is 34.8 Å². The fourth-order valence-electron chi connectivity index (χ4n) is 2.29. The summed E-state index contributed by atoms with van der Waals surface area (Å²) in [5.74, 6) is -0.869. The average molecular weight is 482 g/mol. The highest BCUT2D eigenvalue weighted by Crippen LogP contribution is 2.35. The van der Waals surface area contributed by atoms with Gasteiger partial charge in [-0.05, 0) is 38.1 Å². The van der Waals surface area contributed by atoms with Gasteiger partial charge in [-0.25, -0.2) is 8.42 Å². The minimum atomic E-state index is -4.41. The first-order valence-electron chi connectivity index (χ1n) is 8.04. The molecule has 0 unspecified atom stereocenters. The summed E-state index contributed by atoms with van der Waals surface area (Å²) in [5, 5.41) is 11.1. The van der Waals surface area contributed by atoms with Crippen molar-refractivity contribution in [2.45, 2.75) is 24.8 Å². The van der Waals surface area contributed by atoms with Gasteiger partial charge in [0, 0.05) is 12.1 Å². The maximum absolute atomic E-state index is 13.2. The van der Waals surface area contributed by atoms with Gasteiger partial charge in [0.25, 0.3) is 15.7 Å². The molecule has 8 nitrogen and oxygen atoms in total. The van der Waals surface area contributed by atoms with Crippen LogP contribution in [0.3, 0.4) is 0 Å². The smallest absolute Gasteiger partial charge is 0.327 e. The van der Waals surface area contributed by atoms with Crippen molar-refractivity contribution >= 4 is 62.2 Å². The topological polar surface area (TPSA) is 107 Å². The number of benzene rings is 2. The van der Waals surface area contributed by atoms with E-state index < -0.39 is 39.3 Å². The molecule has 0 aliphatic heterocycles. The summed E-state index contributed by atoms with van der Waals surface area (Å²) in [6, 6.07) is 6.81. The molecule has 0 spiro atoms. The van der Waals surface area contributed by atoms with Crippen LogP contribution in [0.4, 0.5) is 11.4 Å². The number of hydrogen-bond acceptors (Lipinski definition) is 6. The third-order valence-corrected chi connectivity index (χ3v) is 6.34. The van der Waals surface area contributed by atoms with Gasteiger partial charge in [-0.2, -0.15) is 0 Å². The summed E-state index contributed by atoms with van der Waals surface area (Å²) in [6.07, 6.45) is -0.502. The molecule has 0 saturated heterocycles. The molecule has 0 radical (unpaired) electrons. The van der Waals surface area contributed by atoms with E-state index in [2.05, 4.69) is 0 Å². The van der Waals surface area contributed by atoms with Crippen molar-refractivity contribution in [3.05, 3.63) is 61.6 Å². The van der Waals surface area contributed by atoms with Crippen molar-refractivity contribution in [2.75, 3.05) is 10.8 Å². The first kappa shape index (κ1) is 23.2. The van der Waals surface area contributed by atoms with Crippen LogP contribution in [0.5, 0.6) is 0 Å². The number of non-ortho nitro benzene ring substituents is 1. The molecule has 29 heavy (non-hydrogen) atoms. The number of esters is 1. The Morgan fingerprint density at radius 3 is 2.28 bits per heavy atom. The van der Waals surface area contributed by atoms with Crippen LogP contribution in [-0.2, 0) is 19.6 Å². The molecule has 0 fully saturated rings. The molecule has 0 bridgehead atoms. The van der Waals surface area contributed by atoms with Crippen LogP contribution in [-0.4, -0.2) is 32.0 Å². The van der Waals surface area contributed by atoms with Gasteiger partial charge in [-0.1, -0.05) is 34.8 Å². The normalized spacial score (nSPS) is 11.4. The standard InChI is InChI=1S/C17H15Cl3N2O6S/c1-10(2)28-17(23)9-21(16-7-11(22(24)25)3-5-14(16)19)29(26,27)12-4-6-13(18)15(20)8-12/h3-8,10H,9H2,1-2H3. The average Bonchev–Trinajstić information content (AvgIpc) is 2.61. The van der Waals surface area contributed by atoms with E-state index in [1.54, 1.807) is 13.8 Å². The Hall–Kier alpha value is -2.07. The first-order chi connectivity index (χ1) is 13.4. The molecule has 0 saturated carbocycles. The van der Waals surface area contributed by atoms with Gasteiger partial charge in [-0.3, -0.25) is 19.2 Å². The quantitative estimate of drug-likeness (QED) is 0.322. The fraction of sp³-hybridized carbons (Fsp3) is 0.235. The second-order valence-electron chi connectivity index (χ2n) is 6.02. The second kappa shape index (κ2) is 9.17. The zero-order valence-corrected chi connectivity index (χ0v) is 18.2. The Balaban J connectivity index is 2.64. The number of anilines is 1. The number of halogens is 3. The molecular weight excluding hydrogens is 467 g/mol. The number of nitrogens with zero attached hydrogens (tertiary/aromatic N) is 2. The predicted molar refractivity (Wildman–Crippen MR) is 110 cm³/mol. The molecule has 0 heterocycles. The lowest BCUT2D eigenvalue weighted by Gasteiger charge is -2.25. The summed E-state index contributed by atoms with van der Waals surface area (Å²) in [5.41, 5.74) is -0.663. The highest BCUT2D eigenvalue weighted by molar-refractivity contribution is 7.92. The highest BCUT2D eigenvalue weighted by atomic mass is 35.5. The lowest BCUT2D eigenvalue weighted by Crippen LogP contribution is -2.37. The van der Waals surface area contributed by atoms with Gasteiger partial charge in [0.15, 0.2) is 0 Å². The van der Waals surface area contributed by atoms with Crippen molar-refractivity contribution < 1.29 is 22.9 Å². The van der Waals surface area contributed by atoms with E-state index in [1.165, 1.54) is 18.2 Å². The summed E-state index contributed by atoms with van der Waals surface area (Å²) in [6.45, 7) is 2.42. The van der Waals surface area contributed by atoms with Crippen LogP contribution in [0.25, 0.3) is 0 Å². The van der Waals surface area contributed by atoms with Crippen LogP contribution in [0, 0.1) is 10.1 Å². The van der Waals surface area contributed by atoms with Crippen molar-refractivity contribution in [3.63, 3.8) is 0 Å². The SMILES string of the molecule is CC(C)OC(=O)CN(c1cc([N+](=O)[O-])ccc1Cl)S(=O)(=O)c1ccc(Cl)c(Cl)c1. The van der Waals surface area contributed by atoms with Crippen molar-refractivity contribution in [1.82, 2.24) is 0 Å². The van der Waals surface area contributed by atoms with Crippen LogP contribution in [0.2, 0.25) is 15.1 Å². The third kappa shape index (κ3) is 5.51. The number of carbonyl (C=O) groups is 1. The van der Waals surface area contributed by atoms with Crippen molar-refractivity contribution in [3.8, 4) is 0 Å². The second-order valence-corrected chi connectivity index (χ2v) is 9.10. The Bertz CT molecular complexity index is 1060. The number of nitro benzene ring substituents is 1. The summed E-state index contributed by atoms with van der Waals surface area (Å²) in [4.78, 5) is 22.3. The highest BCUT2D eigenvalue weighted by Gasteiger charge is 2.31. The molecule has 0 atom stereocenters. The summed E-state index contributed by atoms with van der Waals surface area (Å²) >= 11 is 17.9. The molecule has 2 rings (SSSR count). The van der Waals surface area contributed by atoms with Gasteiger partial charge < -0.3 is 4.74 Å². The minimum absolute atomic E-state index is 0.0254. The van der Waals surface area contributed by atoms with E-state index in [-0.39, 0.29) is 25.7 Å². The van der Waals surface area contributed by atoms with Crippen LogP contribution in [0.1, 0.15) is 13.8 Å². The van der Waals surface area contributed by atoms with Gasteiger partial charge in [0.05, 0.1) is 36.7 Å². The monoisotopic (exact) mass is 480 g/mol. The first-order valence-corrected chi connectivity index (χ1v) is 10.6. The molecule has 2 aromatic carbocycles. The summed E-state index contributed by atoms with van der Waals surface area (Å²) < 4.78 is 32.1. The zero-order chi connectivity index (χ0) is 21.9. The third-order valence-electron chi connectivity index (χ3n) is 3.53. The van der Waals surface area contributed by atoms with Crippen LogP contribution < -0.4 is 4.31 Å². The Kier molecular flexibility index (Phi) is 7.34. The number of sulfonamides is 1. The maximum atomic E-state index is 13.2. The van der Waals surface area contributed by atoms with E-state index >= 15 is 0 Å². The maximum Gasteiger partial charge on any atom is 0.327 e. The van der Waals surface area contributed by atoms with Gasteiger partial charge in [-0.15, -0.1) is 0 Å². The van der Waals surface area contributed by atoms with Gasteiger partial charge in [0.1, 0.15) is 6.54 Å². The number of carbonyl (C=O) groups excluding carboxylic acids is 1. The fourth-order valence-corrected chi connectivity index (χ4v) is 4.37. The minimum Gasteiger partial charge on any atom is -0.462 e. The van der Waals surface area contributed by atoms with E-state index in [4.69, 9.17) is 39.5 Å². The van der Waals surface area contributed by atoms with E-state index in [9.17, 15) is 23.3 Å². The van der Waals surface area contributed by atoms with E-state index in [0.717, 1.165) is 18.2 Å². The summed E-state index contributed by atoms with van der Waals surface area (Å²) in [7, 11) is -4.41. The molecule has 0 aliphatic rings. The zero-order valence-electron chi connectivity index (χ0n) is 15.1. The van der Waals surface area contributed by atoms with Gasteiger partial charge in [0.2, 0.25) is 0 Å². The molecule has 2 aromatic rings. The predicted octanol–water partition coefficient (Wildman–Crippen LogP) is 4.70. The Morgan fingerprint density at radius 1 is 1.10 bits per heavy atom. The van der Waals surface area contributed by atoms with E-state index in [1.807, 2.05) is 0 Å². The van der Waals surface area contributed by atoms with Crippen LogP contribution in [0.15, 0.2) is 41.3 Å². The Labute approximate surface area is 182 Å². The van der Waals surface area contributed by atoms with Crippen molar-refractivity contribution in [2.24, 2.45) is 0 Å². The largest absolute Gasteiger partial charge is 0.462 e. The molecule has 0 amide bonds. The lowest BCUT2D eigenvalue weighted by atomic mass is 10.3. The van der Waals surface area contributed by atoms with Crippen molar-refractivity contribution in [1.29, 1.82) is 0 Å². The van der Waals surface area contributed by atoms with Gasteiger partial charge >= 0.3 is 5.97 Å². The number of ether oxygens (including phenoxy) is 1. The molecule has 156 valence electrons. The molecule has 12 heteroatoms. The molecular formula is C17H15Cl3N2O6S. The van der Waals surface area contributed by atoms with E-state index in [0.29, 0.717) is 4.31 Å². The number of hydrogen-bond donors (Lipinski definition) is 0.